The zero-order valence-electron chi connectivity index (χ0n) is 45.0. The van der Waals surface area contributed by atoms with Gasteiger partial charge in [-0.2, -0.15) is 0 Å². The molecule has 18 atom stereocenters. The Hall–Kier alpha value is -2.98. The van der Waals surface area contributed by atoms with E-state index < -0.39 is 105 Å². The molecular weight excluding hydrogens is 986 g/mol. The second kappa shape index (κ2) is 19.4. The summed E-state index contributed by atoms with van der Waals surface area (Å²) >= 11 is 0. The number of carbonyl (C=O) groups is 5. The van der Waals surface area contributed by atoms with E-state index in [0.717, 1.165) is 19.3 Å². The molecule has 10 rings (SSSR count). The molecule has 0 unspecified atom stereocenters. The van der Waals surface area contributed by atoms with Crippen LogP contribution in [0.1, 0.15) is 121 Å². The van der Waals surface area contributed by atoms with Crippen molar-refractivity contribution in [3.8, 4) is 0 Å². The minimum absolute atomic E-state index is 0. The van der Waals surface area contributed by atoms with Gasteiger partial charge in [-0.25, -0.2) is 26.3 Å². The Labute approximate surface area is 440 Å². The smallest absolute Gasteiger partial charge is 0.178 e. The van der Waals surface area contributed by atoms with Crippen LogP contribution in [-0.4, -0.2) is 126 Å². The van der Waals surface area contributed by atoms with Crippen LogP contribution in [0.3, 0.4) is 0 Å². The summed E-state index contributed by atoms with van der Waals surface area (Å²) < 4.78 is 93.2. The highest BCUT2D eigenvalue weighted by Gasteiger charge is 2.80. The number of halogens is 7. The number of aliphatic hydroxyl groups excluding tert-OH is 2. The first kappa shape index (κ1) is 58.7. The van der Waals surface area contributed by atoms with Gasteiger partial charge in [0.05, 0.1) is 23.0 Å². The summed E-state index contributed by atoms with van der Waals surface area (Å²) in [5.74, 6) is -4.39. The summed E-state index contributed by atoms with van der Waals surface area (Å²) in [6, 6.07) is 0. The fourth-order valence-corrected chi connectivity index (χ4v) is 17.7. The lowest BCUT2D eigenvalue weighted by Crippen LogP contribution is -2.69. The molecule has 2 heterocycles. The predicted molar refractivity (Wildman–Crippen MR) is 273 cm³/mol. The van der Waals surface area contributed by atoms with Gasteiger partial charge in [-0.1, -0.05) is 67.5 Å². The Bertz CT molecular complexity index is 2400. The van der Waals surface area contributed by atoms with Gasteiger partial charge in [-0.05, 0) is 153 Å². The first-order chi connectivity index (χ1) is 33.8. The molecule has 8 aliphatic carbocycles. The van der Waals surface area contributed by atoms with Gasteiger partial charge in [0.25, 0.3) is 0 Å². The highest BCUT2D eigenvalue weighted by molar-refractivity contribution is 6.02. The van der Waals surface area contributed by atoms with E-state index in [1.54, 1.807) is 13.8 Å². The van der Waals surface area contributed by atoms with Gasteiger partial charge in [-0.3, -0.25) is 19.2 Å². The van der Waals surface area contributed by atoms with Crippen molar-refractivity contribution >= 4 is 41.8 Å². The first-order valence-electron chi connectivity index (χ1n) is 26.7. The molecule has 0 amide bonds. The Kier molecular flexibility index (Phi) is 15.4. The SMILES string of the molecule is CC(C)(C)CC=O.CC(C)(C)CCN1C[C@@H]2C[C@H]3[C@@H]4C[C@H](F)C5=CC(=O)C=C[C@]5(C)[C@@]4(F)[C@@H](O)C[C@]3(C)[C@]2(C(=O)CF)C1.C[C@]12C=CC(=O)C=C1[C@@H](F)C[C@H]1[C@@H]3C[C@H]4CNC[C@@]4(C(=O)CF)[C@@]3(C)C[C@H](O)[C@@]12F.Cl. The number of hydrogen-bond donors (Lipinski definition) is 3. The maximum absolute atomic E-state index is 17.4. The van der Waals surface area contributed by atoms with Crippen LogP contribution in [0.25, 0.3) is 0 Å². The number of aliphatic hydroxyl groups is 2. The van der Waals surface area contributed by atoms with Gasteiger partial charge in [0.2, 0.25) is 0 Å². The molecule has 0 aromatic heterocycles. The Morgan fingerprint density at radius 1 is 0.716 bits per heavy atom. The van der Waals surface area contributed by atoms with Crippen molar-refractivity contribution in [3.63, 3.8) is 0 Å². The molecule has 10 aliphatic rings. The van der Waals surface area contributed by atoms with Crippen molar-refractivity contribution < 1.29 is 60.5 Å². The second-order valence-corrected chi connectivity index (χ2v) is 27.2. The number of nitrogens with zero attached hydrogens (tertiary/aromatic N) is 1. The molecular formula is C58H81ClF6N2O7. The lowest BCUT2D eigenvalue weighted by molar-refractivity contribution is -0.211. The summed E-state index contributed by atoms with van der Waals surface area (Å²) in [7, 11) is 0. The highest BCUT2D eigenvalue weighted by atomic mass is 35.5. The molecule has 6 saturated carbocycles. The predicted octanol–water partition coefficient (Wildman–Crippen LogP) is 9.51. The highest BCUT2D eigenvalue weighted by Crippen LogP contribution is 2.76. The maximum atomic E-state index is 17.4. The van der Waals surface area contributed by atoms with E-state index in [9.17, 15) is 43.0 Å². The summed E-state index contributed by atoms with van der Waals surface area (Å²) in [4.78, 5) is 62.3. The Balaban J connectivity index is 0.000000191. The first-order valence-corrected chi connectivity index (χ1v) is 26.7. The van der Waals surface area contributed by atoms with Crippen molar-refractivity contribution in [2.75, 3.05) is 46.1 Å². The Morgan fingerprint density at radius 3 is 1.58 bits per heavy atom. The number of hydrogen-bond acceptors (Lipinski definition) is 9. The van der Waals surface area contributed by atoms with E-state index >= 15 is 17.6 Å². The quantitative estimate of drug-likeness (QED) is 0.168. The van der Waals surface area contributed by atoms with Crippen molar-refractivity contribution in [1.82, 2.24) is 10.2 Å². The molecule has 8 fully saturated rings. The van der Waals surface area contributed by atoms with Crippen LogP contribution >= 0.6 is 12.4 Å². The molecule has 74 heavy (non-hydrogen) atoms. The number of rotatable bonds is 7. The van der Waals surface area contributed by atoms with Crippen LogP contribution in [0.5, 0.6) is 0 Å². The average molecular weight is 1070 g/mol. The van der Waals surface area contributed by atoms with Gasteiger partial charge < -0.3 is 25.2 Å². The van der Waals surface area contributed by atoms with Crippen LogP contribution in [0.4, 0.5) is 26.3 Å². The molecule has 2 saturated heterocycles. The third-order valence-corrected chi connectivity index (χ3v) is 21.4. The number of carbonyl (C=O) groups excluding carboxylic acids is 5. The van der Waals surface area contributed by atoms with Crippen LogP contribution < -0.4 is 5.32 Å². The number of allylic oxidation sites excluding steroid dienone is 8. The van der Waals surface area contributed by atoms with E-state index in [4.69, 9.17) is 0 Å². The second-order valence-electron chi connectivity index (χ2n) is 27.2. The fraction of sp³-hybridized carbons (Fsp3) is 0.776. The lowest BCUT2D eigenvalue weighted by atomic mass is 9.43. The summed E-state index contributed by atoms with van der Waals surface area (Å²) in [5.41, 5.74) is -10.4. The number of alkyl halides is 6. The van der Waals surface area contributed by atoms with E-state index in [1.807, 2.05) is 34.6 Å². The zero-order valence-corrected chi connectivity index (χ0v) is 45.8. The van der Waals surface area contributed by atoms with Crippen LogP contribution in [0.15, 0.2) is 47.6 Å². The topological polar surface area (TPSA) is 141 Å². The van der Waals surface area contributed by atoms with E-state index in [2.05, 4.69) is 31.0 Å². The standard InChI is InChI=1S/C29H40F3NO3.C23H28F3NO3.C6H12O.ClH/c1-25(2,3)8-9-33-15-17-10-19-20-12-22(31)21-11-18(34)6-7-26(21,4)29(20,32)23(35)13-27(19,5)28(17,16-33)24(36)14-30;1-20-4-3-13(28)6-16(20)17(25)7-15-14-5-12-10-27-11-22(12,19(30)9-24)21(14,2)8-18(29)23(15,20)26;1-6(2,3)4-5-7;/h6-7,11,17,19-20,22-23,35H,8-10,12-16H2,1-5H3;3-4,6,12,14-15,17-18,27,29H,5,7-11H2,1-2H3;5H,4H2,1-3H3;1H/t17-,19-,20-,22-,23-,26-,27-,28+,29-;12-,14-,15-,17-,18-,20-,21-,22+,23-;;/m00../s1. The average Bonchev–Trinajstić information content (AvgIpc) is 4.03. The van der Waals surface area contributed by atoms with Gasteiger partial charge in [0.1, 0.15) is 32.0 Å². The number of nitrogens with one attached hydrogen (secondary N) is 1. The minimum Gasteiger partial charge on any atom is -0.390 e. The third kappa shape index (κ3) is 8.23. The van der Waals surface area contributed by atoms with Gasteiger partial charge >= 0.3 is 0 Å². The molecule has 414 valence electrons. The normalized spacial score (nSPS) is 46.5. The van der Waals surface area contributed by atoms with Gasteiger partial charge in [0.15, 0.2) is 34.5 Å². The summed E-state index contributed by atoms with van der Waals surface area (Å²) in [6.07, 6.45) is 5.10. The summed E-state index contributed by atoms with van der Waals surface area (Å²) in [6.45, 7) is 20.0. The number of fused-ring (bicyclic) bond motifs is 14. The van der Waals surface area contributed by atoms with Gasteiger partial charge in [0, 0.05) is 48.7 Å². The molecule has 0 radical (unpaired) electrons. The molecule has 0 aromatic rings. The number of likely N-dealkylation sites (tertiary alicyclic amines) is 1. The molecule has 0 aromatic carbocycles. The van der Waals surface area contributed by atoms with Crippen molar-refractivity contribution in [3.05, 3.63) is 47.6 Å². The largest absolute Gasteiger partial charge is 0.390 e. The number of Topliss-reactive ketones (excluding diaryl/α,β-unsaturated/α-hetero) is 2. The number of ketones is 4. The van der Waals surface area contributed by atoms with Gasteiger partial charge in [-0.15, -0.1) is 12.4 Å². The minimum atomic E-state index is -2.17. The molecule has 2 aliphatic heterocycles. The molecule has 0 bridgehead atoms. The van der Waals surface area contributed by atoms with Crippen LogP contribution in [0.2, 0.25) is 0 Å². The molecule has 16 heteroatoms. The third-order valence-electron chi connectivity index (χ3n) is 21.4. The molecule has 0 spiro atoms. The van der Waals surface area contributed by atoms with E-state index in [-0.39, 0.29) is 95.3 Å². The van der Waals surface area contributed by atoms with Crippen LogP contribution in [-0.2, 0) is 24.0 Å². The monoisotopic (exact) mass is 1070 g/mol. The molecule has 3 N–H and O–H groups in total. The van der Waals surface area contributed by atoms with E-state index in [1.165, 1.54) is 36.5 Å². The van der Waals surface area contributed by atoms with Crippen LogP contribution in [0, 0.1) is 78.8 Å². The van der Waals surface area contributed by atoms with E-state index in [0.29, 0.717) is 45.4 Å². The lowest BCUT2D eigenvalue weighted by Gasteiger charge is -2.63. The maximum Gasteiger partial charge on any atom is 0.178 e. The van der Waals surface area contributed by atoms with Crippen molar-refractivity contribution in [2.45, 2.75) is 156 Å². The summed E-state index contributed by atoms with van der Waals surface area (Å²) in [5, 5.41) is 26.0. The number of aldehydes is 1. The fourth-order valence-electron chi connectivity index (χ4n) is 17.7. The van der Waals surface area contributed by atoms with Crippen molar-refractivity contribution in [1.29, 1.82) is 0 Å². The Morgan fingerprint density at radius 2 is 1.16 bits per heavy atom. The van der Waals surface area contributed by atoms with Crippen molar-refractivity contribution in [2.24, 2.45) is 78.8 Å². The zero-order chi connectivity index (χ0) is 54.1. The molecule has 9 nitrogen and oxygen atoms in total.